The fourth-order valence-electron chi connectivity index (χ4n) is 3.54. The van der Waals surface area contributed by atoms with Crippen molar-refractivity contribution in [3.05, 3.63) is 41.5 Å². The summed E-state index contributed by atoms with van der Waals surface area (Å²) in [5, 5.41) is 7.09. The van der Waals surface area contributed by atoms with Crippen molar-refractivity contribution in [2.75, 3.05) is 18.8 Å². The van der Waals surface area contributed by atoms with Gasteiger partial charge in [0, 0.05) is 29.7 Å². The molecule has 0 spiro atoms. The van der Waals surface area contributed by atoms with Crippen molar-refractivity contribution >= 4 is 17.8 Å². The van der Waals surface area contributed by atoms with Crippen molar-refractivity contribution in [2.45, 2.75) is 43.0 Å². The Morgan fingerprint density at radius 2 is 2.08 bits per heavy atom. The molecule has 1 aromatic carbocycles. The number of piperidine rings is 1. The van der Waals surface area contributed by atoms with Crippen LogP contribution in [0.1, 0.15) is 48.5 Å². The first-order valence-electron chi connectivity index (χ1n) is 8.78. The minimum atomic E-state index is 0.0341. The topological polar surface area (TPSA) is 71.3 Å². The average Bonchev–Trinajstić information content (AvgIpc) is 3.08. The molecule has 0 bridgehead atoms. The number of nitrogens with zero attached hydrogens (tertiary/aromatic N) is 3. The molecule has 1 atom stereocenters. The van der Waals surface area contributed by atoms with Gasteiger partial charge in [0.05, 0.1) is 6.04 Å². The molecule has 2 amide bonds. The van der Waals surface area contributed by atoms with Gasteiger partial charge in [0.15, 0.2) is 5.82 Å². The number of carbonyl (C=O) groups excluding carboxylic acids is 1. The van der Waals surface area contributed by atoms with Gasteiger partial charge < -0.3 is 14.7 Å². The zero-order valence-electron chi connectivity index (χ0n) is 14.3. The van der Waals surface area contributed by atoms with Crippen LogP contribution in [0.4, 0.5) is 4.79 Å². The van der Waals surface area contributed by atoms with Crippen LogP contribution in [0, 0.1) is 6.92 Å². The highest BCUT2D eigenvalue weighted by molar-refractivity contribution is 7.99. The monoisotopic (exact) mass is 358 g/mol. The summed E-state index contributed by atoms with van der Waals surface area (Å²) < 4.78 is 5.28. The SMILES string of the molecule is Cc1noc(C2CCN(C(=O)N[C@@H]3CCSc4ccccc43)CC2)n1. The summed E-state index contributed by atoms with van der Waals surface area (Å²) in [5.74, 6) is 2.68. The van der Waals surface area contributed by atoms with E-state index in [2.05, 4.69) is 33.7 Å². The standard InChI is InChI=1S/C18H22N4O2S/c1-12-19-17(24-21-12)13-6-9-22(10-7-13)18(23)20-15-8-11-25-16-5-3-2-4-14(15)16/h2-5,13,15H,6-11H2,1H3,(H,20,23)/t15-/m1/s1. The minimum Gasteiger partial charge on any atom is -0.339 e. The van der Waals surface area contributed by atoms with Crippen LogP contribution in [0.2, 0.25) is 0 Å². The lowest BCUT2D eigenvalue weighted by atomic mass is 9.97. The highest BCUT2D eigenvalue weighted by atomic mass is 32.2. The first-order valence-corrected chi connectivity index (χ1v) is 9.76. The van der Waals surface area contributed by atoms with E-state index in [0.29, 0.717) is 11.7 Å². The highest BCUT2D eigenvalue weighted by Crippen LogP contribution is 2.36. The Labute approximate surface area is 151 Å². The van der Waals surface area contributed by atoms with E-state index in [-0.39, 0.29) is 18.0 Å². The minimum absolute atomic E-state index is 0.0341. The van der Waals surface area contributed by atoms with Gasteiger partial charge >= 0.3 is 6.03 Å². The van der Waals surface area contributed by atoms with Crippen LogP contribution in [0.25, 0.3) is 0 Å². The second-order valence-corrected chi connectivity index (χ2v) is 7.75. The van der Waals surface area contributed by atoms with Gasteiger partial charge in [-0.1, -0.05) is 23.4 Å². The third-order valence-corrected chi connectivity index (χ3v) is 6.05. The summed E-state index contributed by atoms with van der Waals surface area (Å²) in [6.07, 6.45) is 2.71. The molecule has 6 nitrogen and oxygen atoms in total. The van der Waals surface area contributed by atoms with E-state index in [0.717, 1.165) is 38.1 Å². The van der Waals surface area contributed by atoms with Crippen molar-refractivity contribution in [1.82, 2.24) is 20.4 Å². The Kier molecular flexibility index (Phi) is 4.65. The quantitative estimate of drug-likeness (QED) is 0.889. The number of aromatic nitrogens is 2. The van der Waals surface area contributed by atoms with Crippen LogP contribution >= 0.6 is 11.8 Å². The van der Waals surface area contributed by atoms with E-state index in [4.69, 9.17) is 4.52 Å². The predicted molar refractivity (Wildman–Crippen MR) is 95.6 cm³/mol. The molecule has 2 aliphatic rings. The number of nitrogens with one attached hydrogen (secondary N) is 1. The second kappa shape index (κ2) is 7.07. The normalized spacial score (nSPS) is 21.0. The Bertz CT molecular complexity index is 755. The van der Waals surface area contributed by atoms with E-state index < -0.39 is 0 Å². The zero-order chi connectivity index (χ0) is 17.2. The predicted octanol–water partition coefficient (Wildman–Crippen LogP) is 3.50. The lowest BCUT2D eigenvalue weighted by Crippen LogP contribution is -2.45. The number of aryl methyl sites for hydroxylation is 1. The number of amides is 2. The van der Waals surface area contributed by atoms with Crippen LogP contribution in [0.3, 0.4) is 0 Å². The maximum atomic E-state index is 12.7. The number of thioether (sulfide) groups is 1. The van der Waals surface area contributed by atoms with E-state index in [1.54, 1.807) is 0 Å². The molecule has 0 aliphatic carbocycles. The number of benzene rings is 1. The first-order chi connectivity index (χ1) is 12.2. The fourth-order valence-corrected chi connectivity index (χ4v) is 4.67. The van der Waals surface area contributed by atoms with Crippen LogP contribution in [-0.4, -0.2) is 39.9 Å². The van der Waals surface area contributed by atoms with Crippen molar-refractivity contribution in [3.63, 3.8) is 0 Å². The number of hydrogen-bond donors (Lipinski definition) is 1. The Morgan fingerprint density at radius 1 is 1.28 bits per heavy atom. The van der Waals surface area contributed by atoms with Gasteiger partial charge in [-0.15, -0.1) is 11.8 Å². The van der Waals surface area contributed by atoms with Crippen LogP contribution < -0.4 is 5.32 Å². The number of urea groups is 1. The van der Waals surface area contributed by atoms with Gasteiger partial charge in [0.1, 0.15) is 0 Å². The fraction of sp³-hybridized carbons (Fsp3) is 0.500. The molecule has 2 aliphatic heterocycles. The zero-order valence-corrected chi connectivity index (χ0v) is 15.1. The molecule has 2 aromatic rings. The third-order valence-electron chi connectivity index (χ3n) is 4.93. The number of likely N-dealkylation sites (tertiary alicyclic amines) is 1. The molecule has 4 rings (SSSR count). The highest BCUT2D eigenvalue weighted by Gasteiger charge is 2.29. The first kappa shape index (κ1) is 16.4. The number of carbonyl (C=O) groups is 1. The molecule has 1 aromatic heterocycles. The van der Waals surface area contributed by atoms with Crippen LogP contribution in [0.15, 0.2) is 33.7 Å². The molecular weight excluding hydrogens is 336 g/mol. The summed E-state index contributed by atoms with van der Waals surface area (Å²) in [5.41, 5.74) is 1.24. The summed E-state index contributed by atoms with van der Waals surface area (Å²) in [6.45, 7) is 3.28. The number of hydrogen-bond acceptors (Lipinski definition) is 5. The van der Waals surface area contributed by atoms with Gasteiger partial charge in [-0.25, -0.2) is 4.79 Å². The van der Waals surface area contributed by atoms with Gasteiger partial charge in [-0.05, 0) is 37.8 Å². The van der Waals surface area contributed by atoms with Crippen molar-refractivity contribution in [3.8, 4) is 0 Å². The van der Waals surface area contributed by atoms with Gasteiger partial charge in [0.25, 0.3) is 0 Å². The second-order valence-electron chi connectivity index (χ2n) is 6.62. The summed E-state index contributed by atoms with van der Waals surface area (Å²) in [7, 11) is 0. The molecule has 1 saturated heterocycles. The smallest absolute Gasteiger partial charge is 0.317 e. The largest absolute Gasteiger partial charge is 0.339 e. The molecule has 0 saturated carbocycles. The number of rotatable bonds is 2. The van der Waals surface area contributed by atoms with E-state index >= 15 is 0 Å². The molecule has 1 N–H and O–H groups in total. The molecular formula is C18H22N4O2S. The third kappa shape index (κ3) is 3.51. The molecule has 25 heavy (non-hydrogen) atoms. The molecule has 132 valence electrons. The summed E-state index contributed by atoms with van der Waals surface area (Å²) in [6, 6.07) is 8.50. The molecule has 7 heteroatoms. The van der Waals surface area contributed by atoms with E-state index in [9.17, 15) is 4.79 Å². The van der Waals surface area contributed by atoms with Crippen molar-refractivity contribution in [1.29, 1.82) is 0 Å². The number of fused-ring (bicyclic) bond motifs is 1. The van der Waals surface area contributed by atoms with Crippen molar-refractivity contribution in [2.24, 2.45) is 0 Å². The molecule has 0 radical (unpaired) electrons. The molecule has 1 fully saturated rings. The summed E-state index contributed by atoms with van der Waals surface area (Å²) in [4.78, 5) is 20.2. The maximum absolute atomic E-state index is 12.7. The van der Waals surface area contributed by atoms with Crippen LogP contribution in [0.5, 0.6) is 0 Å². The summed E-state index contributed by atoms with van der Waals surface area (Å²) >= 11 is 1.87. The van der Waals surface area contributed by atoms with E-state index in [1.807, 2.05) is 29.7 Å². The average molecular weight is 358 g/mol. The lowest BCUT2D eigenvalue weighted by Gasteiger charge is -2.33. The Morgan fingerprint density at radius 3 is 2.84 bits per heavy atom. The van der Waals surface area contributed by atoms with Gasteiger partial charge in [0.2, 0.25) is 5.89 Å². The van der Waals surface area contributed by atoms with Gasteiger partial charge in [-0.3, -0.25) is 0 Å². The maximum Gasteiger partial charge on any atom is 0.317 e. The van der Waals surface area contributed by atoms with E-state index in [1.165, 1.54) is 10.5 Å². The Balaban J connectivity index is 1.35. The van der Waals surface area contributed by atoms with Crippen molar-refractivity contribution < 1.29 is 9.32 Å². The molecule has 0 unspecified atom stereocenters. The van der Waals surface area contributed by atoms with Gasteiger partial charge in [-0.2, -0.15) is 4.98 Å². The Hall–Kier alpha value is -2.02. The lowest BCUT2D eigenvalue weighted by molar-refractivity contribution is 0.171. The molecule has 3 heterocycles. The van der Waals surface area contributed by atoms with Crippen LogP contribution in [-0.2, 0) is 0 Å².